The fourth-order valence-corrected chi connectivity index (χ4v) is 2.11. The third-order valence-corrected chi connectivity index (χ3v) is 3.32. The first kappa shape index (κ1) is 15.3. The van der Waals surface area contributed by atoms with Gasteiger partial charge in [0.25, 0.3) is 5.56 Å². The number of carbonyl (C=O) groups is 1. The number of nitrogens with one attached hydrogen (secondary N) is 1. The van der Waals surface area contributed by atoms with Gasteiger partial charge in [-0.25, -0.2) is 4.79 Å². The Labute approximate surface area is 128 Å². The standard InChI is InChI=1S/C13H10Cl2N2O4/c1-21-11-3-2-7(4-8(11)14)10(18)6-17-5-9(15)12(19)16-13(17)20/h2-5H,6H2,1H3,(H,16,19,20). The summed E-state index contributed by atoms with van der Waals surface area (Å²) >= 11 is 11.6. The first-order chi connectivity index (χ1) is 9.92. The lowest BCUT2D eigenvalue weighted by molar-refractivity contribution is 0.0970. The van der Waals surface area contributed by atoms with Crippen LogP contribution in [-0.4, -0.2) is 22.4 Å². The molecule has 1 aromatic heterocycles. The van der Waals surface area contributed by atoms with E-state index in [2.05, 4.69) is 0 Å². The van der Waals surface area contributed by atoms with Crippen LogP contribution in [0.1, 0.15) is 10.4 Å². The van der Waals surface area contributed by atoms with E-state index in [0.717, 1.165) is 10.8 Å². The van der Waals surface area contributed by atoms with Crippen LogP contribution in [-0.2, 0) is 6.54 Å². The highest BCUT2D eigenvalue weighted by Gasteiger charge is 2.12. The SMILES string of the molecule is COc1ccc(C(=O)Cn2cc(Cl)c(=O)[nH]c2=O)cc1Cl. The topological polar surface area (TPSA) is 81.2 Å². The Kier molecular flexibility index (Phi) is 4.50. The molecular formula is C13H10Cl2N2O4. The fourth-order valence-electron chi connectivity index (χ4n) is 1.69. The van der Waals surface area contributed by atoms with Gasteiger partial charge in [-0.2, -0.15) is 0 Å². The summed E-state index contributed by atoms with van der Waals surface area (Å²) in [6, 6.07) is 4.53. The summed E-state index contributed by atoms with van der Waals surface area (Å²) in [5.74, 6) is 0.0854. The van der Waals surface area contributed by atoms with Crippen LogP contribution in [0.5, 0.6) is 5.75 Å². The molecule has 2 aromatic rings. The molecule has 0 amide bonds. The Morgan fingerprint density at radius 3 is 2.62 bits per heavy atom. The van der Waals surface area contributed by atoms with Gasteiger partial charge in [0.15, 0.2) is 5.78 Å². The molecule has 2 rings (SSSR count). The van der Waals surface area contributed by atoms with E-state index in [0.29, 0.717) is 11.3 Å². The second-order valence-corrected chi connectivity index (χ2v) is 4.95. The summed E-state index contributed by atoms with van der Waals surface area (Å²) in [7, 11) is 1.46. The van der Waals surface area contributed by atoms with Crippen LogP contribution in [0.4, 0.5) is 0 Å². The van der Waals surface area contributed by atoms with E-state index in [9.17, 15) is 14.4 Å². The van der Waals surface area contributed by atoms with E-state index >= 15 is 0 Å². The van der Waals surface area contributed by atoms with Crippen LogP contribution in [0.3, 0.4) is 0 Å². The zero-order chi connectivity index (χ0) is 15.6. The highest BCUT2D eigenvalue weighted by molar-refractivity contribution is 6.32. The van der Waals surface area contributed by atoms with Crippen molar-refractivity contribution in [3.8, 4) is 5.75 Å². The Bertz CT molecular complexity index is 811. The Morgan fingerprint density at radius 2 is 2.00 bits per heavy atom. The van der Waals surface area contributed by atoms with E-state index in [1.54, 1.807) is 6.07 Å². The van der Waals surface area contributed by atoms with Crippen molar-refractivity contribution in [2.24, 2.45) is 0 Å². The number of ketones is 1. The molecule has 0 saturated carbocycles. The van der Waals surface area contributed by atoms with Crippen molar-refractivity contribution in [2.45, 2.75) is 6.54 Å². The van der Waals surface area contributed by atoms with Crippen molar-refractivity contribution in [3.63, 3.8) is 0 Å². The largest absolute Gasteiger partial charge is 0.495 e. The number of benzene rings is 1. The number of Topliss-reactive ketones (excluding diaryl/α,β-unsaturated/α-hetero) is 1. The lowest BCUT2D eigenvalue weighted by Gasteiger charge is -2.07. The number of ether oxygens (including phenoxy) is 1. The van der Waals surface area contributed by atoms with Gasteiger partial charge in [0, 0.05) is 11.8 Å². The van der Waals surface area contributed by atoms with Crippen molar-refractivity contribution < 1.29 is 9.53 Å². The number of aromatic nitrogens is 2. The predicted molar refractivity (Wildman–Crippen MR) is 78.7 cm³/mol. The van der Waals surface area contributed by atoms with Crippen molar-refractivity contribution >= 4 is 29.0 Å². The van der Waals surface area contributed by atoms with E-state index in [1.807, 2.05) is 4.98 Å². The Morgan fingerprint density at radius 1 is 1.29 bits per heavy atom. The maximum atomic E-state index is 12.1. The van der Waals surface area contributed by atoms with Gasteiger partial charge in [-0.15, -0.1) is 0 Å². The number of hydrogen-bond acceptors (Lipinski definition) is 4. The summed E-state index contributed by atoms with van der Waals surface area (Å²) in [5, 5.41) is 0.116. The third-order valence-electron chi connectivity index (χ3n) is 2.76. The van der Waals surface area contributed by atoms with Gasteiger partial charge < -0.3 is 4.74 Å². The summed E-state index contributed by atoms with van der Waals surface area (Å²) in [6.45, 7) is -0.266. The van der Waals surface area contributed by atoms with Crippen molar-refractivity contribution in [2.75, 3.05) is 7.11 Å². The molecule has 0 aliphatic carbocycles. The molecule has 6 nitrogen and oxygen atoms in total. The van der Waals surface area contributed by atoms with Crippen molar-refractivity contribution in [1.29, 1.82) is 0 Å². The van der Waals surface area contributed by atoms with E-state index < -0.39 is 11.2 Å². The van der Waals surface area contributed by atoms with Gasteiger partial charge in [-0.1, -0.05) is 23.2 Å². The zero-order valence-corrected chi connectivity index (χ0v) is 12.4. The van der Waals surface area contributed by atoms with Crippen LogP contribution in [0, 0.1) is 0 Å². The summed E-state index contributed by atoms with van der Waals surface area (Å²) in [6.07, 6.45) is 1.12. The number of hydrogen-bond donors (Lipinski definition) is 1. The zero-order valence-electron chi connectivity index (χ0n) is 10.9. The first-order valence-electron chi connectivity index (χ1n) is 5.78. The molecule has 0 aliphatic rings. The molecule has 8 heteroatoms. The van der Waals surface area contributed by atoms with E-state index in [4.69, 9.17) is 27.9 Å². The lowest BCUT2D eigenvalue weighted by atomic mass is 10.1. The average Bonchev–Trinajstić information content (AvgIpc) is 2.44. The maximum Gasteiger partial charge on any atom is 0.328 e. The lowest BCUT2D eigenvalue weighted by Crippen LogP contribution is -2.31. The molecule has 1 heterocycles. The van der Waals surface area contributed by atoms with Gasteiger partial charge in [-0.3, -0.25) is 19.1 Å². The normalized spacial score (nSPS) is 10.4. The average molecular weight is 329 g/mol. The second-order valence-electron chi connectivity index (χ2n) is 4.14. The molecule has 0 bridgehead atoms. The number of nitrogens with zero attached hydrogens (tertiary/aromatic N) is 1. The third kappa shape index (κ3) is 3.34. The Balaban J connectivity index is 2.30. The second kappa shape index (κ2) is 6.15. The van der Waals surface area contributed by atoms with Crippen LogP contribution >= 0.6 is 23.2 Å². The smallest absolute Gasteiger partial charge is 0.328 e. The van der Waals surface area contributed by atoms with Crippen molar-refractivity contribution in [3.05, 3.63) is 60.8 Å². The van der Waals surface area contributed by atoms with Gasteiger partial charge in [-0.05, 0) is 18.2 Å². The van der Waals surface area contributed by atoms with Crippen LogP contribution in [0.2, 0.25) is 10.0 Å². The molecule has 0 aliphatic heterocycles. The number of halogens is 2. The monoisotopic (exact) mass is 328 g/mol. The minimum Gasteiger partial charge on any atom is -0.495 e. The van der Waals surface area contributed by atoms with Gasteiger partial charge in [0.05, 0.1) is 18.7 Å². The molecule has 21 heavy (non-hydrogen) atoms. The number of methoxy groups -OCH3 is 1. The number of aromatic amines is 1. The van der Waals surface area contributed by atoms with Gasteiger partial charge in [0.2, 0.25) is 0 Å². The molecule has 110 valence electrons. The summed E-state index contributed by atoms with van der Waals surface area (Å²) in [5.41, 5.74) is -1.09. The molecule has 0 radical (unpaired) electrons. The van der Waals surface area contributed by atoms with E-state index in [-0.39, 0.29) is 22.4 Å². The fraction of sp³-hybridized carbons (Fsp3) is 0.154. The molecular weight excluding hydrogens is 319 g/mol. The number of carbonyl (C=O) groups excluding carboxylic acids is 1. The molecule has 0 atom stereocenters. The van der Waals surface area contributed by atoms with Crippen LogP contribution in [0.25, 0.3) is 0 Å². The minimum absolute atomic E-state index is 0.171. The molecule has 0 unspecified atom stereocenters. The molecule has 1 N–H and O–H groups in total. The number of H-pyrrole nitrogens is 1. The Hall–Kier alpha value is -2.05. The highest BCUT2D eigenvalue weighted by atomic mass is 35.5. The molecule has 1 aromatic carbocycles. The summed E-state index contributed by atoms with van der Waals surface area (Å²) < 4.78 is 6.01. The van der Waals surface area contributed by atoms with Crippen molar-refractivity contribution in [1.82, 2.24) is 9.55 Å². The predicted octanol–water partition coefficient (Wildman–Crippen LogP) is 1.73. The van der Waals surface area contributed by atoms with Gasteiger partial charge in [0.1, 0.15) is 10.8 Å². The van der Waals surface area contributed by atoms with E-state index in [1.165, 1.54) is 19.2 Å². The van der Waals surface area contributed by atoms with Crippen LogP contribution in [0.15, 0.2) is 34.0 Å². The minimum atomic E-state index is -0.711. The highest BCUT2D eigenvalue weighted by Crippen LogP contribution is 2.25. The maximum absolute atomic E-state index is 12.1. The quantitative estimate of drug-likeness (QED) is 0.867. The number of rotatable bonds is 4. The van der Waals surface area contributed by atoms with Crippen LogP contribution < -0.4 is 16.0 Å². The first-order valence-corrected chi connectivity index (χ1v) is 6.54. The van der Waals surface area contributed by atoms with Gasteiger partial charge >= 0.3 is 5.69 Å². The molecule has 0 fully saturated rings. The molecule has 0 spiro atoms. The molecule has 0 saturated heterocycles. The summed E-state index contributed by atoms with van der Waals surface area (Å²) in [4.78, 5) is 36.9.